The van der Waals surface area contributed by atoms with Crippen molar-refractivity contribution < 1.29 is 18.8 Å². The predicted molar refractivity (Wildman–Crippen MR) is 125 cm³/mol. The summed E-state index contributed by atoms with van der Waals surface area (Å²) in [5, 5.41) is 9.30. The van der Waals surface area contributed by atoms with Gasteiger partial charge in [-0.15, -0.1) is 11.3 Å². The fourth-order valence-electron chi connectivity index (χ4n) is 2.79. The molecule has 0 aliphatic heterocycles. The highest BCUT2D eigenvalue weighted by molar-refractivity contribution is 7.18. The standard InChI is InChI=1S/C23H16ClN3O4S/c24-15-9-7-14(8-10-15)21(28)25-16-4-1-2-5-17(16)26-23(30)19-11-12-20(32-19)27-22(29)18-6-3-13-31-18/h1-13H,(H,25,28)(H,26,30)(H,27,29). The minimum atomic E-state index is -0.404. The van der Waals surface area contributed by atoms with E-state index >= 15 is 0 Å². The zero-order chi connectivity index (χ0) is 22.5. The molecule has 0 bridgehead atoms. The molecule has 2 aromatic carbocycles. The second kappa shape index (κ2) is 9.51. The highest BCUT2D eigenvalue weighted by Gasteiger charge is 2.15. The first-order valence-corrected chi connectivity index (χ1v) is 10.6. The van der Waals surface area contributed by atoms with Gasteiger partial charge in [0, 0.05) is 10.6 Å². The number of nitrogens with one attached hydrogen (secondary N) is 3. The number of carbonyl (C=O) groups excluding carboxylic acids is 3. The van der Waals surface area contributed by atoms with Gasteiger partial charge < -0.3 is 20.4 Å². The van der Waals surface area contributed by atoms with Crippen molar-refractivity contribution in [1.29, 1.82) is 0 Å². The lowest BCUT2D eigenvalue weighted by Crippen LogP contribution is -2.16. The maximum Gasteiger partial charge on any atom is 0.291 e. The summed E-state index contributed by atoms with van der Waals surface area (Å²) in [6.07, 6.45) is 1.41. The molecular formula is C23H16ClN3O4S. The zero-order valence-corrected chi connectivity index (χ0v) is 18.0. The van der Waals surface area contributed by atoms with Gasteiger partial charge in [0.2, 0.25) is 0 Å². The van der Waals surface area contributed by atoms with Crippen molar-refractivity contribution in [3.8, 4) is 0 Å². The maximum atomic E-state index is 12.7. The van der Waals surface area contributed by atoms with Crippen LogP contribution in [0.3, 0.4) is 0 Å². The van der Waals surface area contributed by atoms with Crippen LogP contribution in [0.25, 0.3) is 0 Å². The van der Waals surface area contributed by atoms with E-state index in [2.05, 4.69) is 16.0 Å². The molecule has 0 saturated carbocycles. The van der Waals surface area contributed by atoms with E-state index in [1.54, 1.807) is 72.8 Å². The van der Waals surface area contributed by atoms with Crippen molar-refractivity contribution >= 4 is 57.0 Å². The molecule has 4 aromatic rings. The lowest BCUT2D eigenvalue weighted by atomic mass is 10.2. The summed E-state index contributed by atoms with van der Waals surface area (Å²) < 4.78 is 5.06. The molecule has 0 aliphatic rings. The van der Waals surface area contributed by atoms with Gasteiger partial charge in [0.05, 0.1) is 27.5 Å². The van der Waals surface area contributed by atoms with Crippen LogP contribution in [0.2, 0.25) is 5.02 Å². The van der Waals surface area contributed by atoms with Crippen molar-refractivity contribution in [2.24, 2.45) is 0 Å². The summed E-state index contributed by atoms with van der Waals surface area (Å²) in [6.45, 7) is 0. The summed E-state index contributed by atoms with van der Waals surface area (Å²) >= 11 is 6.98. The van der Waals surface area contributed by atoms with Gasteiger partial charge in [-0.1, -0.05) is 23.7 Å². The van der Waals surface area contributed by atoms with E-state index in [9.17, 15) is 14.4 Å². The molecule has 0 fully saturated rings. The van der Waals surface area contributed by atoms with Gasteiger partial charge in [-0.25, -0.2) is 0 Å². The van der Waals surface area contributed by atoms with E-state index in [1.807, 2.05) is 0 Å². The normalized spacial score (nSPS) is 10.4. The average Bonchev–Trinajstić information content (AvgIpc) is 3.48. The van der Waals surface area contributed by atoms with Crippen molar-refractivity contribution in [2.45, 2.75) is 0 Å². The number of hydrogen-bond donors (Lipinski definition) is 3. The molecule has 0 unspecified atom stereocenters. The third kappa shape index (κ3) is 5.05. The third-order valence-electron chi connectivity index (χ3n) is 4.34. The van der Waals surface area contributed by atoms with Crippen LogP contribution in [0.15, 0.2) is 83.5 Å². The Morgan fingerprint density at radius 3 is 2.06 bits per heavy atom. The minimum absolute atomic E-state index is 0.176. The SMILES string of the molecule is O=C(Nc1ccccc1NC(=O)c1ccc(NC(=O)c2ccco2)s1)c1ccc(Cl)cc1. The Balaban J connectivity index is 1.44. The molecule has 0 saturated heterocycles. The summed E-state index contributed by atoms with van der Waals surface area (Å²) in [7, 11) is 0. The predicted octanol–water partition coefficient (Wildman–Crippen LogP) is 5.75. The number of para-hydroxylation sites is 2. The van der Waals surface area contributed by atoms with Crippen LogP contribution in [0.5, 0.6) is 0 Å². The molecule has 3 N–H and O–H groups in total. The Morgan fingerprint density at radius 1 is 0.719 bits per heavy atom. The smallest absolute Gasteiger partial charge is 0.291 e. The van der Waals surface area contributed by atoms with E-state index < -0.39 is 5.91 Å². The highest BCUT2D eigenvalue weighted by atomic mass is 35.5. The zero-order valence-electron chi connectivity index (χ0n) is 16.4. The van der Waals surface area contributed by atoms with Crippen molar-refractivity contribution in [3.05, 3.63) is 100 Å². The van der Waals surface area contributed by atoms with E-state index in [1.165, 1.54) is 6.26 Å². The first-order chi connectivity index (χ1) is 15.5. The second-order valence-corrected chi connectivity index (χ2v) is 8.08. The Kier molecular flexibility index (Phi) is 6.34. The molecule has 0 aliphatic carbocycles. The molecule has 0 radical (unpaired) electrons. The highest BCUT2D eigenvalue weighted by Crippen LogP contribution is 2.26. The van der Waals surface area contributed by atoms with Crippen LogP contribution in [0.1, 0.15) is 30.6 Å². The van der Waals surface area contributed by atoms with Gasteiger partial charge in [-0.05, 0) is 60.7 Å². The van der Waals surface area contributed by atoms with E-state index in [0.29, 0.717) is 31.8 Å². The summed E-state index contributed by atoms with van der Waals surface area (Å²) in [6, 6.07) is 19.8. The number of rotatable bonds is 6. The van der Waals surface area contributed by atoms with Crippen molar-refractivity contribution in [1.82, 2.24) is 0 Å². The molecule has 2 heterocycles. The first kappa shape index (κ1) is 21.4. The Bertz CT molecular complexity index is 1270. The molecule has 160 valence electrons. The maximum absolute atomic E-state index is 12.7. The number of amides is 3. The average molecular weight is 466 g/mol. The number of carbonyl (C=O) groups is 3. The van der Waals surface area contributed by atoms with Gasteiger partial charge in [0.1, 0.15) is 0 Å². The summed E-state index contributed by atoms with van der Waals surface area (Å²) in [5.74, 6) is -0.932. The Labute approximate surface area is 192 Å². The number of anilines is 3. The van der Waals surface area contributed by atoms with Crippen LogP contribution in [-0.4, -0.2) is 17.7 Å². The number of furan rings is 1. The van der Waals surface area contributed by atoms with Gasteiger partial charge in [0.15, 0.2) is 5.76 Å². The third-order valence-corrected chi connectivity index (χ3v) is 5.59. The van der Waals surface area contributed by atoms with Crippen LogP contribution >= 0.6 is 22.9 Å². The van der Waals surface area contributed by atoms with Crippen molar-refractivity contribution in [3.63, 3.8) is 0 Å². The van der Waals surface area contributed by atoms with Gasteiger partial charge in [-0.2, -0.15) is 0 Å². The lowest BCUT2D eigenvalue weighted by molar-refractivity contribution is 0.0994. The molecule has 0 atom stereocenters. The van der Waals surface area contributed by atoms with Crippen LogP contribution in [-0.2, 0) is 0 Å². The molecule has 0 spiro atoms. The van der Waals surface area contributed by atoms with Gasteiger partial charge in [0.25, 0.3) is 17.7 Å². The van der Waals surface area contributed by atoms with Crippen LogP contribution in [0.4, 0.5) is 16.4 Å². The van der Waals surface area contributed by atoms with E-state index in [4.69, 9.17) is 16.0 Å². The number of halogens is 1. The Morgan fingerprint density at radius 2 is 1.41 bits per heavy atom. The summed E-state index contributed by atoms with van der Waals surface area (Å²) in [5.41, 5.74) is 1.32. The topological polar surface area (TPSA) is 100 Å². The van der Waals surface area contributed by atoms with Crippen LogP contribution in [0, 0.1) is 0 Å². The Hall–Kier alpha value is -3.88. The molecule has 32 heavy (non-hydrogen) atoms. The second-order valence-electron chi connectivity index (χ2n) is 6.56. The van der Waals surface area contributed by atoms with E-state index in [-0.39, 0.29) is 17.6 Å². The fourth-order valence-corrected chi connectivity index (χ4v) is 3.71. The molecule has 3 amide bonds. The van der Waals surface area contributed by atoms with Crippen LogP contribution < -0.4 is 16.0 Å². The quantitative estimate of drug-likeness (QED) is 0.337. The van der Waals surface area contributed by atoms with Gasteiger partial charge >= 0.3 is 0 Å². The molecule has 9 heteroatoms. The summed E-state index contributed by atoms with van der Waals surface area (Å²) in [4.78, 5) is 37.7. The number of thiophene rings is 1. The number of hydrogen-bond acceptors (Lipinski definition) is 5. The van der Waals surface area contributed by atoms with Crippen molar-refractivity contribution in [2.75, 3.05) is 16.0 Å². The number of benzene rings is 2. The molecular weight excluding hydrogens is 450 g/mol. The minimum Gasteiger partial charge on any atom is -0.459 e. The molecule has 7 nitrogen and oxygen atoms in total. The molecule has 4 rings (SSSR count). The fraction of sp³-hybridized carbons (Fsp3) is 0. The lowest BCUT2D eigenvalue weighted by Gasteiger charge is -2.12. The monoisotopic (exact) mass is 465 g/mol. The first-order valence-electron chi connectivity index (χ1n) is 9.41. The largest absolute Gasteiger partial charge is 0.459 e. The van der Waals surface area contributed by atoms with E-state index in [0.717, 1.165) is 11.3 Å². The van der Waals surface area contributed by atoms with Gasteiger partial charge in [-0.3, -0.25) is 14.4 Å². The molecule has 2 aromatic heterocycles.